The zero-order valence-corrected chi connectivity index (χ0v) is 14.1. The van der Waals surface area contributed by atoms with Crippen molar-refractivity contribution in [1.29, 1.82) is 0 Å². The summed E-state index contributed by atoms with van der Waals surface area (Å²) in [5.41, 5.74) is 0.129. The number of rotatable bonds is 6. The quantitative estimate of drug-likeness (QED) is 0.541. The summed E-state index contributed by atoms with van der Waals surface area (Å²) in [5.74, 6) is -0.808. The number of ketones is 1. The van der Waals surface area contributed by atoms with Crippen LogP contribution in [-0.2, 0) is 0 Å². The van der Waals surface area contributed by atoms with Gasteiger partial charge in [0.15, 0.2) is 5.78 Å². The predicted molar refractivity (Wildman–Crippen MR) is 87.9 cm³/mol. The van der Waals surface area contributed by atoms with Crippen LogP contribution in [0.5, 0.6) is 5.75 Å². The van der Waals surface area contributed by atoms with Gasteiger partial charge in [-0.2, -0.15) is 5.10 Å². The third-order valence-electron chi connectivity index (χ3n) is 3.10. The smallest absolute Gasteiger partial charge is 0.406 e. The van der Waals surface area contributed by atoms with E-state index >= 15 is 0 Å². The lowest BCUT2D eigenvalue weighted by molar-refractivity contribution is -0.274. The molecule has 0 spiro atoms. The molecule has 0 unspecified atom stereocenters. The van der Waals surface area contributed by atoms with Gasteiger partial charge in [0.1, 0.15) is 10.8 Å². The molecule has 1 aliphatic heterocycles. The molecular weight excluding hydrogens is 341 g/mol. The Labute approximate surface area is 142 Å². The van der Waals surface area contributed by atoms with Crippen molar-refractivity contribution in [1.82, 2.24) is 5.01 Å². The monoisotopic (exact) mass is 358 g/mol. The molecule has 1 aromatic rings. The molecule has 1 aromatic carbocycles. The molecule has 0 amide bonds. The number of nitrogens with zero attached hydrogens (tertiary/aromatic N) is 2. The van der Waals surface area contributed by atoms with Gasteiger partial charge in [-0.15, -0.1) is 13.2 Å². The van der Waals surface area contributed by atoms with E-state index in [1.54, 1.807) is 5.01 Å². The highest BCUT2D eigenvalue weighted by molar-refractivity contribution is 8.17. The van der Waals surface area contributed by atoms with Gasteiger partial charge in [-0.25, -0.2) is 0 Å². The fourth-order valence-corrected chi connectivity index (χ4v) is 2.90. The Kier molecular flexibility index (Phi) is 5.93. The van der Waals surface area contributed by atoms with Crippen LogP contribution in [0.2, 0.25) is 0 Å². The molecule has 1 heterocycles. The van der Waals surface area contributed by atoms with E-state index in [0.717, 1.165) is 30.0 Å². The summed E-state index contributed by atoms with van der Waals surface area (Å²) in [5, 5.41) is 7.58. The Morgan fingerprint density at radius 3 is 2.83 bits per heavy atom. The number of thioether (sulfide) groups is 1. The molecular formula is C16H17F3N2O2S. The highest BCUT2D eigenvalue weighted by Gasteiger charge is 2.31. The molecule has 0 aromatic heterocycles. The molecule has 0 atom stereocenters. The second-order valence-electron chi connectivity index (χ2n) is 5.12. The van der Waals surface area contributed by atoms with E-state index in [1.807, 2.05) is 6.92 Å². The third-order valence-corrected chi connectivity index (χ3v) is 4.01. The second-order valence-corrected chi connectivity index (χ2v) is 6.33. The van der Waals surface area contributed by atoms with Gasteiger partial charge in [0.25, 0.3) is 0 Å². The SMILES string of the molecule is CCCCN1N=C(C)SC1=CC(=O)c1cccc(OC(F)(F)F)c1. The molecule has 1 aliphatic rings. The Morgan fingerprint density at radius 2 is 2.17 bits per heavy atom. The number of hydrazone groups is 1. The Bertz CT molecular complexity index is 672. The Hall–Kier alpha value is -1.96. The number of benzene rings is 1. The number of halogens is 3. The van der Waals surface area contributed by atoms with Gasteiger partial charge in [-0.05, 0) is 25.5 Å². The van der Waals surface area contributed by atoms with E-state index in [4.69, 9.17) is 0 Å². The lowest BCUT2D eigenvalue weighted by atomic mass is 10.1. The maximum atomic E-state index is 12.3. The minimum atomic E-state index is -4.79. The van der Waals surface area contributed by atoms with Crippen LogP contribution >= 0.6 is 11.8 Å². The van der Waals surface area contributed by atoms with Crippen molar-refractivity contribution >= 4 is 22.6 Å². The van der Waals surface area contributed by atoms with Crippen molar-refractivity contribution in [3.05, 3.63) is 40.9 Å². The van der Waals surface area contributed by atoms with Crippen molar-refractivity contribution in [3.8, 4) is 5.75 Å². The second kappa shape index (κ2) is 7.74. The first-order valence-corrected chi connectivity index (χ1v) is 8.22. The number of hydrogen-bond donors (Lipinski definition) is 0. The van der Waals surface area contributed by atoms with E-state index < -0.39 is 17.9 Å². The molecule has 24 heavy (non-hydrogen) atoms. The maximum Gasteiger partial charge on any atom is 0.573 e. The Morgan fingerprint density at radius 1 is 1.42 bits per heavy atom. The largest absolute Gasteiger partial charge is 0.573 e. The number of carbonyl (C=O) groups is 1. The van der Waals surface area contributed by atoms with E-state index in [-0.39, 0.29) is 5.56 Å². The van der Waals surface area contributed by atoms with Crippen LogP contribution in [0, 0.1) is 0 Å². The van der Waals surface area contributed by atoms with Gasteiger partial charge in [-0.1, -0.05) is 37.2 Å². The molecule has 0 aliphatic carbocycles. The minimum Gasteiger partial charge on any atom is -0.406 e. The molecule has 0 radical (unpaired) electrons. The zero-order valence-electron chi connectivity index (χ0n) is 13.3. The topological polar surface area (TPSA) is 41.9 Å². The summed E-state index contributed by atoms with van der Waals surface area (Å²) in [7, 11) is 0. The number of alkyl halides is 3. The van der Waals surface area contributed by atoms with Crippen LogP contribution < -0.4 is 4.74 Å². The van der Waals surface area contributed by atoms with E-state index in [0.29, 0.717) is 11.6 Å². The fourth-order valence-electron chi connectivity index (χ4n) is 2.06. The highest BCUT2D eigenvalue weighted by atomic mass is 32.2. The van der Waals surface area contributed by atoms with E-state index in [2.05, 4.69) is 16.8 Å². The summed E-state index contributed by atoms with van der Waals surface area (Å²) < 4.78 is 40.7. The number of hydrogen-bond acceptors (Lipinski definition) is 5. The molecule has 0 bridgehead atoms. The van der Waals surface area contributed by atoms with Crippen molar-refractivity contribution in [2.75, 3.05) is 6.54 Å². The fraction of sp³-hybridized carbons (Fsp3) is 0.375. The molecule has 8 heteroatoms. The minimum absolute atomic E-state index is 0.129. The first-order chi connectivity index (χ1) is 11.3. The lowest BCUT2D eigenvalue weighted by Gasteiger charge is -2.14. The van der Waals surface area contributed by atoms with Crippen molar-refractivity contribution in [2.45, 2.75) is 33.1 Å². The van der Waals surface area contributed by atoms with Crippen molar-refractivity contribution in [3.63, 3.8) is 0 Å². The highest BCUT2D eigenvalue weighted by Crippen LogP contribution is 2.31. The number of allylic oxidation sites excluding steroid dienone is 1. The summed E-state index contributed by atoms with van der Waals surface area (Å²) in [4.78, 5) is 12.3. The third kappa shape index (κ3) is 5.30. The molecule has 0 fully saturated rings. The van der Waals surface area contributed by atoms with Gasteiger partial charge in [0.2, 0.25) is 0 Å². The number of unbranched alkanes of at least 4 members (excludes halogenated alkanes) is 1. The molecule has 4 nitrogen and oxygen atoms in total. The summed E-state index contributed by atoms with van der Waals surface area (Å²) in [6.45, 7) is 4.59. The van der Waals surface area contributed by atoms with Gasteiger partial charge < -0.3 is 4.74 Å². The average molecular weight is 358 g/mol. The van der Waals surface area contributed by atoms with Gasteiger partial charge in [-0.3, -0.25) is 9.80 Å². The molecule has 0 N–H and O–H groups in total. The van der Waals surface area contributed by atoms with Gasteiger partial charge in [0.05, 0.1) is 5.04 Å². The standard InChI is InChI=1S/C16H17F3N2O2S/c1-3-4-8-21-15(24-11(2)20-21)10-14(22)12-6-5-7-13(9-12)23-16(17,18)19/h5-7,9-10H,3-4,8H2,1-2H3. The normalized spacial score (nSPS) is 16.5. The van der Waals surface area contributed by atoms with Crippen LogP contribution in [0.4, 0.5) is 13.2 Å². The van der Waals surface area contributed by atoms with Crippen LogP contribution in [0.15, 0.2) is 40.5 Å². The molecule has 130 valence electrons. The summed E-state index contributed by atoms with van der Waals surface area (Å²) in [6.07, 6.45) is -1.47. The predicted octanol–water partition coefficient (Wildman–Crippen LogP) is 4.79. The molecule has 2 rings (SSSR count). The number of ether oxygens (including phenoxy) is 1. The van der Waals surface area contributed by atoms with Gasteiger partial charge in [0, 0.05) is 18.2 Å². The zero-order chi connectivity index (χ0) is 17.7. The van der Waals surface area contributed by atoms with E-state index in [1.165, 1.54) is 30.0 Å². The first kappa shape index (κ1) is 18.4. The maximum absolute atomic E-state index is 12.3. The summed E-state index contributed by atoms with van der Waals surface area (Å²) >= 11 is 1.37. The van der Waals surface area contributed by atoms with Crippen LogP contribution in [0.3, 0.4) is 0 Å². The van der Waals surface area contributed by atoms with Gasteiger partial charge >= 0.3 is 6.36 Å². The van der Waals surface area contributed by atoms with E-state index in [9.17, 15) is 18.0 Å². The van der Waals surface area contributed by atoms with Crippen molar-refractivity contribution < 1.29 is 22.7 Å². The van der Waals surface area contributed by atoms with Crippen LogP contribution in [0.1, 0.15) is 37.0 Å². The molecule has 0 saturated carbocycles. The average Bonchev–Trinajstić information content (AvgIpc) is 2.83. The Balaban J connectivity index is 2.15. The summed E-state index contributed by atoms with van der Waals surface area (Å²) in [6, 6.07) is 5.04. The van der Waals surface area contributed by atoms with Crippen LogP contribution in [-0.4, -0.2) is 28.7 Å². The van der Waals surface area contributed by atoms with Crippen LogP contribution in [0.25, 0.3) is 0 Å². The lowest BCUT2D eigenvalue weighted by Crippen LogP contribution is -2.17. The number of carbonyl (C=O) groups excluding carboxylic acids is 1. The molecule has 0 saturated heterocycles. The first-order valence-electron chi connectivity index (χ1n) is 7.41. The van der Waals surface area contributed by atoms with Crippen molar-refractivity contribution in [2.24, 2.45) is 5.10 Å².